The fourth-order valence-corrected chi connectivity index (χ4v) is 2.58. The zero-order chi connectivity index (χ0) is 15.5. The summed E-state index contributed by atoms with van der Waals surface area (Å²) in [5.74, 6) is 0.688. The molecule has 1 fully saturated rings. The smallest absolute Gasteiger partial charge is 0.272 e. The Hall–Kier alpha value is -2.10. The van der Waals surface area contributed by atoms with E-state index in [2.05, 4.69) is 24.0 Å². The van der Waals surface area contributed by atoms with Gasteiger partial charge in [-0.1, -0.05) is 44.2 Å². The molecule has 0 radical (unpaired) electrons. The van der Waals surface area contributed by atoms with Crippen molar-refractivity contribution >= 4 is 5.91 Å². The van der Waals surface area contributed by atoms with Crippen LogP contribution in [0, 0.1) is 5.92 Å². The topological polar surface area (TPSA) is 49.0 Å². The monoisotopic (exact) mass is 297 g/mol. The van der Waals surface area contributed by atoms with Crippen molar-refractivity contribution in [2.45, 2.75) is 39.2 Å². The molecule has 1 aromatic heterocycles. The zero-order valence-electron chi connectivity index (χ0n) is 13.2. The van der Waals surface area contributed by atoms with Gasteiger partial charge in [0.15, 0.2) is 0 Å². The molecule has 4 nitrogen and oxygen atoms in total. The van der Waals surface area contributed by atoms with Crippen LogP contribution in [0.25, 0.3) is 11.3 Å². The van der Waals surface area contributed by atoms with Crippen molar-refractivity contribution in [2.75, 3.05) is 6.54 Å². The Kier molecular flexibility index (Phi) is 4.27. The molecule has 3 rings (SSSR count). The van der Waals surface area contributed by atoms with Crippen molar-refractivity contribution in [2.24, 2.45) is 5.92 Å². The van der Waals surface area contributed by atoms with Gasteiger partial charge in [-0.05, 0) is 31.2 Å². The summed E-state index contributed by atoms with van der Waals surface area (Å²) >= 11 is 0. The Morgan fingerprint density at radius 2 is 2.05 bits per heavy atom. The van der Waals surface area contributed by atoms with E-state index in [-0.39, 0.29) is 5.91 Å². The molecule has 1 amide bonds. The number of hydrogen-bond acceptors (Lipinski definition) is 2. The minimum atomic E-state index is 0.0813. The molecule has 0 unspecified atom stereocenters. The van der Waals surface area contributed by atoms with Gasteiger partial charge >= 0.3 is 0 Å². The van der Waals surface area contributed by atoms with Crippen molar-refractivity contribution in [1.29, 1.82) is 0 Å². The Labute approximate surface area is 131 Å². The van der Waals surface area contributed by atoms with Gasteiger partial charge in [0.25, 0.3) is 5.91 Å². The Bertz CT molecular complexity index is 629. The van der Waals surface area contributed by atoms with Crippen LogP contribution in [0.2, 0.25) is 0 Å². The normalized spacial score (nSPS) is 14.3. The van der Waals surface area contributed by atoms with Crippen molar-refractivity contribution in [3.63, 3.8) is 0 Å². The first-order valence-electron chi connectivity index (χ1n) is 8.07. The van der Waals surface area contributed by atoms with Gasteiger partial charge in [0, 0.05) is 18.2 Å². The van der Waals surface area contributed by atoms with E-state index in [4.69, 9.17) is 0 Å². The predicted octanol–water partition coefficient (Wildman–Crippen LogP) is 3.73. The van der Waals surface area contributed by atoms with Crippen LogP contribution in [-0.4, -0.2) is 33.6 Å². The van der Waals surface area contributed by atoms with Gasteiger partial charge in [-0.3, -0.25) is 9.89 Å². The SMILES string of the molecule is CC(C)CCN(C(=O)c1cc(-c2ccccc2)n[nH]1)C1CC1. The van der Waals surface area contributed by atoms with Crippen LogP contribution in [0.15, 0.2) is 36.4 Å². The van der Waals surface area contributed by atoms with Crippen LogP contribution in [-0.2, 0) is 0 Å². The lowest BCUT2D eigenvalue weighted by Gasteiger charge is -2.22. The van der Waals surface area contributed by atoms with E-state index in [0.717, 1.165) is 37.1 Å². The second-order valence-electron chi connectivity index (χ2n) is 6.45. The third-order valence-electron chi connectivity index (χ3n) is 4.07. The standard InChI is InChI=1S/C18H23N3O/c1-13(2)10-11-21(15-8-9-15)18(22)17-12-16(19-20-17)14-6-4-3-5-7-14/h3-7,12-13,15H,8-11H2,1-2H3,(H,19,20). The molecule has 1 saturated carbocycles. The maximum absolute atomic E-state index is 12.7. The number of rotatable bonds is 6. The van der Waals surface area contributed by atoms with E-state index in [1.165, 1.54) is 0 Å². The molecule has 0 atom stereocenters. The lowest BCUT2D eigenvalue weighted by atomic mass is 10.1. The number of nitrogens with zero attached hydrogens (tertiary/aromatic N) is 2. The zero-order valence-corrected chi connectivity index (χ0v) is 13.2. The molecule has 0 spiro atoms. The predicted molar refractivity (Wildman–Crippen MR) is 87.5 cm³/mol. The maximum Gasteiger partial charge on any atom is 0.272 e. The van der Waals surface area contributed by atoms with E-state index >= 15 is 0 Å². The molecule has 0 aliphatic heterocycles. The minimum absolute atomic E-state index is 0.0813. The number of aromatic nitrogens is 2. The lowest BCUT2D eigenvalue weighted by Crippen LogP contribution is -2.34. The number of carbonyl (C=O) groups is 1. The first kappa shape index (κ1) is 14.8. The molecule has 1 heterocycles. The molecule has 1 aliphatic carbocycles. The van der Waals surface area contributed by atoms with E-state index < -0.39 is 0 Å². The number of aromatic amines is 1. The fraction of sp³-hybridized carbons (Fsp3) is 0.444. The van der Waals surface area contributed by atoms with Crippen LogP contribution in [0.4, 0.5) is 0 Å². The summed E-state index contributed by atoms with van der Waals surface area (Å²) in [6.07, 6.45) is 3.30. The lowest BCUT2D eigenvalue weighted by molar-refractivity contribution is 0.0729. The van der Waals surface area contributed by atoms with Crippen molar-refractivity contribution in [3.05, 3.63) is 42.1 Å². The van der Waals surface area contributed by atoms with Gasteiger partial charge in [-0.25, -0.2) is 0 Å². The number of benzene rings is 1. The summed E-state index contributed by atoms with van der Waals surface area (Å²) < 4.78 is 0. The molecule has 0 saturated heterocycles. The van der Waals surface area contributed by atoms with E-state index in [1.54, 1.807) is 0 Å². The van der Waals surface area contributed by atoms with Crippen LogP contribution < -0.4 is 0 Å². The highest BCUT2D eigenvalue weighted by molar-refractivity contribution is 5.93. The molecular weight excluding hydrogens is 274 g/mol. The summed E-state index contributed by atoms with van der Waals surface area (Å²) in [7, 11) is 0. The van der Waals surface area contributed by atoms with Gasteiger partial charge in [0.2, 0.25) is 0 Å². The summed E-state index contributed by atoms with van der Waals surface area (Å²) in [6.45, 7) is 5.22. The van der Waals surface area contributed by atoms with Crippen molar-refractivity contribution in [3.8, 4) is 11.3 Å². The molecular formula is C18H23N3O. The van der Waals surface area contributed by atoms with Gasteiger partial charge < -0.3 is 4.90 Å². The van der Waals surface area contributed by atoms with Gasteiger partial charge in [0.05, 0.1) is 5.69 Å². The molecule has 1 N–H and O–H groups in total. The average Bonchev–Trinajstić information content (AvgIpc) is 3.23. The largest absolute Gasteiger partial charge is 0.334 e. The number of amides is 1. The second kappa shape index (κ2) is 6.34. The van der Waals surface area contributed by atoms with Crippen LogP contribution in [0.3, 0.4) is 0 Å². The Morgan fingerprint density at radius 3 is 2.68 bits per heavy atom. The van der Waals surface area contributed by atoms with Crippen LogP contribution in [0.5, 0.6) is 0 Å². The van der Waals surface area contributed by atoms with E-state index in [0.29, 0.717) is 17.7 Å². The number of H-pyrrole nitrogens is 1. The van der Waals surface area contributed by atoms with Gasteiger partial charge in [-0.15, -0.1) is 0 Å². The summed E-state index contributed by atoms with van der Waals surface area (Å²) in [6, 6.07) is 12.2. The highest BCUT2D eigenvalue weighted by Gasteiger charge is 2.33. The molecule has 1 aromatic carbocycles. The first-order chi connectivity index (χ1) is 10.6. The van der Waals surface area contributed by atoms with Gasteiger partial charge in [0.1, 0.15) is 5.69 Å². The van der Waals surface area contributed by atoms with E-state index in [1.807, 2.05) is 41.3 Å². The first-order valence-corrected chi connectivity index (χ1v) is 8.07. The highest BCUT2D eigenvalue weighted by Crippen LogP contribution is 2.29. The summed E-state index contributed by atoms with van der Waals surface area (Å²) in [4.78, 5) is 14.8. The third-order valence-corrected chi connectivity index (χ3v) is 4.07. The van der Waals surface area contributed by atoms with Gasteiger partial charge in [-0.2, -0.15) is 5.10 Å². The Morgan fingerprint density at radius 1 is 1.32 bits per heavy atom. The summed E-state index contributed by atoms with van der Waals surface area (Å²) in [5, 5.41) is 7.21. The average molecular weight is 297 g/mol. The van der Waals surface area contributed by atoms with Crippen LogP contribution >= 0.6 is 0 Å². The number of nitrogens with one attached hydrogen (secondary N) is 1. The summed E-state index contributed by atoms with van der Waals surface area (Å²) in [5.41, 5.74) is 2.44. The quantitative estimate of drug-likeness (QED) is 0.883. The second-order valence-corrected chi connectivity index (χ2v) is 6.45. The molecule has 1 aliphatic rings. The fourth-order valence-electron chi connectivity index (χ4n) is 2.58. The molecule has 116 valence electrons. The number of carbonyl (C=O) groups excluding carboxylic acids is 1. The molecule has 2 aromatic rings. The van der Waals surface area contributed by atoms with Crippen molar-refractivity contribution < 1.29 is 4.79 Å². The van der Waals surface area contributed by atoms with E-state index in [9.17, 15) is 4.79 Å². The molecule has 22 heavy (non-hydrogen) atoms. The minimum Gasteiger partial charge on any atom is -0.334 e. The Balaban J connectivity index is 1.75. The maximum atomic E-state index is 12.7. The third kappa shape index (κ3) is 3.38. The molecule has 0 bridgehead atoms. The molecule has 4 heteroatoms. The van der Waals surface area contributed by atoms with Crippen LogP contribution in [0.1, 0.15) is 43.6 Å². The van der Waals surface area contributed by atoms with Crippen molar-refractivity contribution in [1.82, 2.24) is 15.1 Å². The highest BCUT2D eigenvalue weighted by atomic mass is 16.2. The number of hydrogen-bond donors (Lipinski definition) is 1.